The molecule has 2 N–H and O–H groups in total. The number of hydrogen-bond acceptors (Lipinski definition) is 2. The van der Waals surface area contributed by atoms with E-state index >= 15 is 0 Å². The van der Waals surface area contributed by atoms with Crippen LogP contribution < -0.4 is 10.5 Å². The number of benzene rings is 1. The molecule has 0 aromatic heterocycles. The molecule has 0 aliphatic heterocycles. The van der Waals surface area contributed by atoms with Crippen LogP contribution in [0, 0.1) is 5.92 Å². The Morgan fingerprint density at radius 3 is 2.62 bits per heavy atom. The van der Waals surface area contributed by atoms with E-state index in [1.54, 1.807) is 7.11 Å². The number of aryl methyl sites for hydroxylation is 1. The Kier molecular flexibility index (Phi) is 5.33. The molecular weight excluding hydrogens is 198 g/mol. The fourth-order valence-electron chi connectivity index (χ4n) is 2.02. The van der Waals surface area contributed by atoms with Crippen molar-refractivity contribution >= 4 is 0 Å². The fraction of sp³-hybridized carbons (Fsp3) is 0.571. The molecule has 1 rings (SSSR count). The minimum absolute atomic E-state index is 0.656. The molecule has 0 spiro atoms. The Morgan fingerprint density at radius 2 is 2.06 bits per heavy atom. The minimum atomic E-state index is 0.656. The van der Waals surface area contributed by atoms with E-state index in [2.05, 4.69) is 26.0 Å². The first kappa shape index (κ1) is 13.0. The summed E-state index contributed by atoms with van der Waals surface area (Å²) < 4.78 is 5.24. The van der Waals surface area contributed by atoms with Crippen molar-refractivity contribution in [1.29, 1.82) is 0 Å². The Labute approximate surface area is 98.8 Å². The molecule has 1 aromatic rings. The molecule has 0 heterocycles. The predicted molar refractivity (Wildman–Crippen MR) is 68.9 cm³/mol. The smallest absolute Gasteiger partial charge is 0.119 e. The lowest BCUT2D eigenvalue weighted by Gasteiger charge is -2.14. The quantitative estimate of drug-likeness (QED) is 0.801. The predicted octanol–water partition coefficient (Wildman–Crippen LogP) is 2.79. The molecule has 0 saturated heterocycles. The molecule has 0 bridgehead atoms. The lowest BCUT2D eigenvalue weighted by atomic mass is 9.93. The SMILES string of the molecule is CCc1cc(OC)ccc1CC(C)CCN. The number of ether oxygens (including phenoxy) is 1. The van der Waals surface area contributed by atoms with E-state index in [-0.39, 0.29) is 0 Å². The molecule has 1 aromatic carbocycles. The van der Waals surface area contributed by atoms with Gasteiger partial charge in [-0.25, -0.2) is 0 Å². The van der Waals surface area contributed by atoms with Gasteiger partial charge >= 0.3 is 0 Å². The fourth-order valence-corrected chi connectivity index (χ4v) is 2.02. The highest BCUT2D eigenvalue weighted by Crippen LogP contribution is 2.21. The monoisotopic (exact) mass is 221 g/mol. The zero-order valence-corrected chi connectivity index (χ0v) is 10.6. The van der Waals surface area contributed by atoms with Crippen LogP contribution in [0.4, 0.5) is 0 Å². The van der Waals surface area contributed by atoms with Crippen LogP contribution in [0.25, 0.3) is 0 Å². The van der Waals surface area contributed by atoms with Gasteiger partial charge in [-0.2, -0.15) is 0 Å². The van der Waals surface area contributed by atoms with Crippen molar-refractivity contribution in [3.63, 3.8) is 0 Å². The second-order valence-electron chi connectivity index (χ2n) is 4.37. The summed E-state index contributed by atoms with van der Waals surface area (Å²) in [6.07, 6.45) is 3.27. The summed E-state index contributed by atoms with van der Waals surface area (Å²) in [5.41, 5.74) is 8.41. The van der Waals surface area contributed by atoms with Gasteiger partial charge in [-0.15, -0.1) is 0 Å². The summed E-state index contributed by atoms with van der Waals surface area (Å²) in [7, 11) is 1.71. The van der Waals surface area contributed by atoms with Crippen LogP contribution >= 0.6 is 0 Å². The van der Waals surface area contributed by atoms with E-state index in [0.717, 1.165) is 31.6 Å². The Morgan fingerprint density at radius 1 is 1.31 bits per heavy atom. The van der Waals surface area contributed by atoms with Crippen molar-refractivity contribution in [1.82, 2.24) is 0 Å². The largest absolute Gasteiger partial charge is 0.497 e. The Balaban J connectivity index is 2.78. The third-order valence-electron chi connectivity index (χ3n) is 3.02. The van der Waals surface area contributed by atoms with Crippen LogP contribution in [-0.4, -0.2) is 13.7 Å². The summed E-state index contributed by atoms with van der Waals surface area (Å²) in [4.78, 5) is 0. The first-order chi connectivity index (χ1) is 7.71. The van der Waals surface area contributed by atoms with Gasteiger partial charge in [0.25, 0.3) is 0 Å². The van der Waals surface area contributed by atoms with Crippen molar-refractivity contribution in [3.05, 3.63) is 29.3 Å². The second-order valence-corrected chi connectivity index (χ2v) is 4.37. The van der Waals surface area contributed by atoms with Gasteiger partial charge in [0.05, 0.1) is 7.11 Å². The van der Waals surface area contributed by atoms with Gasteiger partial charge in [-0.05, 0) is 55.0 Å². The van der Waals surface area contributed by atoms with E-state index in [0.29, 0.717) is 5.92 Å². The van der Waals surface area contributed by atoms with Gasteiger partial charge in [-0.3, -0.25) is 0 Å². The first-order valence-corrected chi connectivity index (χ1v) is 6.07. The summed E-state index contributed by atoms with van der Waals surface area (Å²) in [5, 5.41) is 0. The average molecular weight is 221 g/mol. The summed E-state index contributed by atoms with van der Waals surface area (Å²) in [5.74, 6) is 1.61. The molecule has 0 radical (unpaired) electrons. The molecule has 16 heavy (non-hydrogen) atoms. The highest BCUT2D eigenvalue weighted by Gasteiger charge is 2.07. The maximum absolute atomic E-state index is 5.58. The van der Waals surface area contributed by atoms with Crippen molar-refractivity contribution in [2.45, 2.75) is 33.1 Å². The highest BCUT2D eigenvalue weighted by atomic mass is 16.5. The van der Waals surface area contributed by atoms with Gasteiger partial charge in [-0.1, -0.05) is 19.9 Å². The van der Waals surface area contributed by atoms with E-state index in [1.165, 1.54) is 11.1 Å². The van der Waals surface area contributed by atoms with Crippen molar-refractivity contribution in [3.8, 4) is 5.75 Å². The van der Waals surface area contributed by atoms with Crippen LogP contribution in [-0.2, 0) is 12.8 Å². The molecule has 1 unspecified atom stereocenters. The second kappa shape index (κ2) is 6.54. The number of methoxy groups -OCH3 is 1. The summed E-state index contributed by atoms with van der Waals surface area (Å²) >= 11 is 0. The third kappa shape index (κ3) is 3.53. The van der Waals surface area contributed by atoms with Crippen LogP contribution in [0.1, 0.15) is 31.4 Å². The van der Waals surface area contributed by atoms with E-state index in [9.17, 15) is 0 Å². The van der Waals surface area contributed by atoms with Crippen LogP contribution in [0.5, 0.6) is 5.75 Å². The van der Waals surface area contributed by atoms with Gasteiger partial charge < -0.3 is 10.5 Å². The lowest BCUT2D eigenvalue weighted by molar-refractivity contribution is 0.414. The van der Waals surface area contributed by atoms with Gasteiger partial charge in [0.1, 0.15) is 5.75 Å². The maximum atomic E-state index is 5.58. The van der Waals surface area contributed by atoms with Crippen molar-refractivity contribution < 1.29 is 4.74 Å². The molecule has 0 saturated carbocycles. The van der Waals surface area contributed by atoms with E-state index in [1.807, 2.05) is 6.07 Å². The molecule has 1 atom stereocenters. The number of nitrogens with two attached hydrogens (primary N) is 1. The zero-order valence-electron chi connectivity index (χ0n) is 10.6. The van der Waals surface area contributed by atoms with E-state index < -0.39 is 0 Å². The normalized spacial score (nSPS) is 12.5. The third-order valence-corrected chi connectivity index (χ3v) is 3.02. The molecule has 90 valence electrons. The van der Waals surface area contributed by atoms with Crippen LogP contribution in [0.15, 0.2) is 18.2 Å². The highest BCUT2D eigenvalue weighted by molar-refractivity contribution is 5.36. The Hall–Kier alpha value is -1.02. The molecule has 2 heteroatoms. The molecule has 0 fully saturated rings. The standard InChI is InChI=1S/C14H23NO/c1-4-12-10-14(16-3)6-5-13(12)9-11(2)7-8-15/h5-6,10-11H,4,7-9,15H2,1-3H3. The minimum Gasteiger partial charge on any atom is -0.497 e. The van der Waals surface area contributed by atoms with E-state index in [4.69, 9.17) is 10.5 Å². The summed E-state index contributed by atoms with van der Waals surface area (Å²) in [6, 6.07) is 6.37. The van der Waals surface area contributed by atoms with Crippen LogP contribution in [0.3, 0.4) is 0 Å². The first-order valence-electron chi connectivity index (χ1n) is 6.07. The van der Waals surface area contributed by atoms with Crippen molar-refractivity contribution in [2.75, 3.05) is 13.7 Å². The van der Waals surface area contributed by atoms with Gasteiger partial charge in [0.2, 0.25) is 0 Å². The van der Waals surface area contributed by atoms with Crippen molar-refractivity contribution in [2.24, 2.45) is 11.7 Å². The Bertz CT molecular complexity index is 323. The summed E-state index contributed by atoms with van der Waals surface area (Å²) in [6.45, 7) is 5.22. The number of rotatable bonds is 6. The van der Waals surface area contributed by atoms with Crippen LogP contribution in [0.2, 0.25) is 0 Å². The average Bonchev–Trinajstić information content (AvgIpc) is 2.30. The number of hydrogen-bond donors (Lipinski definition) is 1. The molecular formula is C14H23NO. The van der Waals surface area contributed by atoms with Gasteiger partial charge in [0, 0.05) is 0 Å². The molecule has 0 amide bonds. The molecule has 0 aliphatic carbocycles. The molecule has 2 nitrogen and oxygen atoms in total. The zero-order chi connectivity index (χ0) is 12.0. The lowest BCUT2D eigenvalue weighted by Crippen LogP contribution is -2.09. The van der Waals surface area contributed by atoms with Gasteiger partial charge in [0.15, 0.2) is 0 Å². The maximum Gasteiger partial charge on any atom is 0.119 e. The molecule has 0 aliphatic rings. The topological polar surface area (TPSA) is 35.2 Å².